The van der Waals surface area contributed by atoms with Crippen LogP contribution in [0.25, 0.3) is 0 Å². The van der Waals surface area contributed by atoms with Gasteiger partial charge < -0.3 is 10.2 Å². The number of alkyl halides is 1. The van der Waals surface area contributed by atoms with Gasteiger partial charge in [0, 0.05) is 15.6 Å². The minimum absolute atomic E-state index is 0.0646. The second-order valence-electron chi connectivity index (χ2n) is 3.27. The Morgan fingerprint density at radius 2 is 2.00 bits per heavy atom. The fraction of sp³-hybridized carbons (Fsp3) is 0.273. The Morgan fingerprint density at radius 3 is 2.50 bits per heavy atom. The molecular weight excluding hydrogens is 270 g/mol. The lowest BCUT2D eigenvalue weighted by molar-refractivity contribution is 0.114. The van der Waals surface area contributed by atoms with Gasteiger partial charge in [0.25, 0.3) is 0 Å². The highest BCUT2D eigenvalue weighted by molar-refractivity contribution is 6.35. The molecule has 1 unspecified atom stereocenters. The fourth-order valence-electron chi connectivity index (χ4n) is 1.29. The molecule has 2 N–H and O–H groups in total. The van der Waals surface area contributed by atoms with Crippen molar-refractivity contribution in [3.63, 3.8) is 0 Å². The van der Waals surface area contributed by atoms with Gasteiger partial charge in [-0.3, -0.25) is 0 Å². The highest BCUT2D eigenvalue weighted by Crippen LogP contribution is 2.32. The van der Waals surface area contributed by atoms with Gasteiger partial charge in [-0.05, 0) is 18.2 Å². The molecule has 2 nitrogen and oxygen atoms in total. The van der Waals surface area contributed by atoms with Gasteiger partial charge in [-0.25, -0.2) is 0 Å². The first kappa shape index (κ1) is 13.8. The van der Waals surface area contributed by atoms with Gasteiger partial charge in [0.15, 0.2) is 0 Å². The summed E-state index contributed by atoms with van der Waals surface area (Å²) in [5.41, 5.74) is -0.940. The zero-order valence-corrected chi connectivity index (χ0v) is 10.6. The van der Waals surface area contributed by atoms with E-state index in [1.54, 1.807) is 12.1 Å². The van der Waals surface area contributed by atoms with Crippen molar-refractivity contribution in [2.24, 2.45) is 0 Å². The maximum Gasteiger partial charge on any atom is 0.123 e. The Morgan fingerprint density at radius 1 is 1.31 bits per heavy atom. The zero-order chi connectivity index (χ0) is 12.2. The van der Waals surface area contributed by atoms with E-state index in [0.717, 1.165) is 0 Å². The van der Waals surface area contributed by atoms with Crippen LogP contribution < -0.4 is 0 Å². The van der Waals surface area contributed by atoms with E-state index in [0.29, 0.717) is 15.6 Å². The fourth-order valence-corrected chi connectivity index (χ4v) is 2.10. The van der Waals surface area contributed by atoms with E-state index in [9.17, 15) is 5.11 Å². The molecule has 0 fully saturated rings. The SMILES string of the molecule is OCC=CC(O)(CCl)c1ccc(Cl)cc1Cl. The number of halogens is 3. The van der Waals surface area contributed by atoms with E-state index in [2.05, 4.69) is 0 Å². The van der Waals surface area contributed by atoms with Crippen molar-refractivity contribution in [1.29, 1.82) is 0 Å². The van der Waals surface area contributed by atoms with Crippen molar-refractivity contribution in [3.05, 3.63) is 46.0 Å². The van der Waals surface area contributed by atoms with Crippen LogP contribution in [0, 0.1) is 0 Å². The average molecular weight is 282 g/mol. The third-order valence-corrected chi connectivity index (χ3v) is 3.06. The highest BCUT2D eigenvalue weighted by atomic mass is 35.5. The van der Waals surface area contributed by atoms with E-state index < -0.39 is 5.60 Å². The Kier molecular flexibility index (Phi) is 5.09. The lowest BCUT2D eigenvalue weighted by atomic mass is 9.95. The topological polar surface area (TPSA) is 40.5 Å². The van der Waals surface area contributed by atoms with Crippen LogP contribution in [0.5, 0.6) is 0 Å². The second-order valence-corrected chi connectivity index (χ2v) is 4.38. The first-order valence-electron chi connectivity index (χ1n) is 4.56. The smallest absolute Gasteiger partial charge is 0.123 e. The molecule has 16 heavy (non-hydrogen) atoms. The molecule has 0 aromatic heterocycles. The Labute approximate surface area is 109 Å². The molecule has 1 aromatic rings. The average Bonchev–Trinajstić information content (AvgIpc) is 2.26. The zero-order valence-electron chi connectivity index (χ0n) is 8.33. The second kappa shape index (κ2) is 5.89. The number of rotatable bonds is 4. The van der Waals surface area contributed by atoms with Crippen molar-refractivity contribution in [2.75, 3.05) is 12.5 Å². The largest absolute Gasteiger partial charge is 0.392 e. The summed E-state index contributed by atoms with van der Waals surface area (Å²) >= 11 is 17.4. The van der Waals surface area contributed by atoms with Gasteiger partial charge in [0.05, 0.1) is 12.5 Å². The van der Waals surface area contributed by atoms with Crippen LogP contribution in [0.4, 0.5) is 0 Å². The quantitative estimate of drug-likeness (QED) is 0.658. The first-order valence-corrected chi connectivity index (χ1v) is 5.85. The summed E-state index contributed by atoms with van der Waals surface area (Å²) in [6.45, 7) is -0.176. The summed E-state index contributed by atoms with van der Waals surface area (Å²) in [7, 11) is 0. The van der Waals surface area contributed by atoms with Crippen LogP contribution in [-0.4, -0.2) is 22.7 Å². The molecule has 0 heterocycles. The molecule has 0 bridgehead atoms. The predicted molar refractivity (Wildman–Crippen MR) is 67.3 cm³/mol. The molecule has 0 saturated carbocycles. The molecule has 1 atom stereocenters. The summed E-state index contributed by atoms with van der Waals surface area (Å²) < 4.78 is 0. The first-order chi connectivity index (χ1) is 7.53. The summed E-state index contributed by atoms with van der Waals surface area (Å²) in [5, 5.41) is 19.7. The lowest BCUT2D eigenvalue weighted by Gasteiger charge is -2.23. The van der Waals surface area contributed by atoms with E-state index in [-0.39, 0.29) is 12.5 Å². The molecule has 1 aromatic carbocycles. The number of hydrogen-bond donors (Lipinski definition) is 2. The molecule has 0 aliphatic heterocycles. The van der Waals surface area contributed by atoms with Crippen molar-refractivity contribution in [1.82, 2.24) is 0 Å². The molecule has 0 amide bonds. The summed E-state index contributed by atoms with van der Waals surface area (Å²) in [5.74, 6) is -0.0646. The number of benzene rings is 1. The highest BCUT2D eigenvalue weighted by Gasteiger charge is 2.27. The van der Waals surface area contributed by atoms with Crippen LogP contribution in [0.2, 0.25) is 10.0 Å². The van der Waals surface area contributed by atoms with Gasteiger partial charge in [-0.15, -0.1) is 11.6 Å². The normalized spacial score (nSPS) is 15.3. The Hall–Kier alpha value is -0.250. The van der Waals surface area contributed by atoms with E-state index in [1.807, 2.05) is 0 Å². The molecule has 0 radical (unpaired) electrons. The summed E-state index contributed by atoms with van der Waals surface area (Å²) in [6, 6.07) is 4.75. The van der Waals surface area contributed by atoms with E-state index in [4.69, 9.17) is 39.9 Å². The number of aliphatic hydroxyl groups excluding tert-OH is 1. The summed E-state index contributed by atoms with van der Waals surface area (Å²) in [4.78, 5) is 0. The standard InChI is InChI=1S/C11H11Cl3O2/c12-7-11(16,4-1-5-15)9-3-2-8(13)6-10(9)14/h1-4,6,15-16H,5,7H2. The van der Waals surface area contributed by atoms with Crippen molar-refractivity contribution in [2.45, 2.75) is 5.60 Å². The third kappa shape index (κ3) is 3.12. The summed E-state index contributed by atoms with van der Waals surface area (Å²) in [6.07, 6.45) is 2.82. The molecule has 0 aliphatic carbocycles. The molecule has 0 aliphatic rings. The van der Waals surface area contributed by atoms with Crippen molar-refractivity contribution in [3.8, 4) is 0 Å². The molecule has 5 heteroatoms. The minimum Gasteiger partial charge on any atom is -0.392 e. The van der Waals surface area contributed by atoms with Crippen molar-refractivity contribution >= 4 is 34.8 Å². The van der Waals surface area contributed by atoms with Crippen LogP contribution in [-0.2, 0) is 5.60 Å². The maximum atomic E-state index is 10.2. The molecule has 1 rings (SSSR count). The Bertz CT molecular complexity index is 393. The van der Waals surface area contributed by atoms with Gasteiger partial charge in [-0.1, -0.05) is 35.3 Å². The monoisotopic (exact) mass is 280 g/mol. The van der Waals surface area contributed by atoms with Gasteiger partial charge in [0.2, 0.25) is 0 Å². The molecular formula is C11H11Cl3O2. The minimum atomic E-state index is -1.40. The van der Waals surface area contributed by atoms with Crippen LogP contribution in [0.3, 0.4) is 0 Å². The van der Waals surface area contributed by atoms with E-state index in [1.165, 1.54) is 18.2 Å². The predicted octanol–water partition coefficient (Wildman–Crippen LogP) is 2.97. The molecule has 0 saturated heterocycles. The molecule has 0 spiro atoms. The Balaban J connectivity index is 3.17. The van der Waals surface area contributed by atoms with Gasteiger partial charge >= 0.3 is 0 Å². The lowest BCUT2D eigenvalue weighted by Crippen LogP contribution is -2.25. The van der Waals surface area contributed by atoms with Gasteiger partial charge in [0.1, 0.15) is 5.60 Å². The maximum absolute atomic E-state index is 10.2. The van der Waals surface area contributed by atoms with Gasteiger partial charge in [-0.2, -0.15) is 0 Å². The van der Waals surface area contributed by atoms with E-state index >= 15 is 0 Å². The van der Waals surface area contributed by atoms with Crippen LogP contribution in [0.1, 0.15) is 5.56 Å². The van der Waals surface area contributed by atoms with Crippen molar-refractivity contribution < 1.29 is 10.2 Å². The van der Waals surface area contributed by atoms with Crippen LogP contribution >= 0.6 is 34.8 Å². The van der Waals surface area contributed by atoms with Crippen LogP contribution in [0.15, 0.2) is 30.4 Å². The number of aliphatic hydroxyl groups is 2. The molecule has 88 valence electrons. The third-order valence-electron chi connectivity index (χ3n) is 2.10. The number of hydrogen-bond acceptors (Lipinski definition) is 2.